The molecule has 0 saturated heterocycles. The van der Waals surface area contributed by atoms with Crippen LogP contribution in [-0.4, -0.2) is 16.3 Å². The molecule has 94 valence electrons. The fraction of sp³-hybridized carbons (Fsp3) is 0.308. The molecule has 1 aromatic carbocycles. The number of nitrogens with two attached hydrogens (primary N) is 1. The molecule has 2 aromatic rings. The van der Waals surface area contributed by atoms with Gasteiger partial charge in [0.15, 0.2) is 17.4 Å². The van der Waals surface area contributed by atoms with E-state index in [1.807, 2.05) is 29.9 Å². The van der Waals surface area contributed by atoms with E-state index in [0.29, 0.717) is 12.7 Å². The number of aryl methyl sites for hydroxylation is 3. The summed E-state index contributed by atoms with van der Waals surface area (Å²) in [6.45, 7) is 0.315. The molecule has 1 aliphatic rings. The van der Waals surface area contributed by atoms with Crippen LogP contribution in [0.25, 0.3) is 0 Å². The maximum Gasteiger partial charge on any atom is 0.231 e. The highest BCUT2D eigenvalue weighted by atomic mass is 16.7. The zero-order valence-electron chi connectivity index (χ0n) is 10.2. The van der Waals surface area contributed by atoms with Crippen LogP contribution in [0.2, 0.25) is 0 Å². The number of fused-ring (bicyclic) bond motifs is 1. The van der Waals surface area contributed by atoms with Gasteiger partial charge in [-0.25, -0.2) is 4.98 Å². The number of nitrogens with zero attached hydrogens (tertiary/aromatic N) is 2. The third-order valence-corrected chi connectivity index (χ3v) is 3.07. The lowest BCUT2D eigenvalue weighted by Crippen LogP contribution is -1.95. The summed E-state index contributed by atoms with van der Waals surface area (Å²) in [5, 5.41) is 0. The van der Waals surface area contributed by atoms with E-state index in [2.05, 4.69) is 11.1 Å². The number of benzene rings is 1. The van der Waals surface area contributed by atoms with Crippen molar-refractivity contribution in [3.8, 4) is 11.5 Å². The Morgan fingerprint density at radius 1 is 1.28 bits per heavy atom. The molecule has 5 heteroatoms. The Morgan fingerprint density at radius 3 is 2.89 bits per heavy atom. The summed E-state index contributed by atoms with van der Waals surface area (Å²) in [7, 11) is 1.90. The van der Waals surface area contributed by atoms with Gasteiger partial charge in [-0.3, -0.25) is 0 Å². The summed E-state index contributed by atoms with van der Waals surface area (Å²) in [5.74, 6) is 2.20. The third kappa shape index (κ3) is 1.99. The molecule has 0 fully saturated rings. The van der Waals surface area contributed by atoms with E-state index in [4.69, 9.17) is 15.2 Å². The molecule has 5 nitrogen and oxygen atoms in total. The first-order valence-electron chi connectivity index (χ1n) is 5.88. The highest BCUT2D eigenvalue weighted by molar-refractivity contribution is 5.44. The van der Waals surface area contributed by atoms with Crippen molar-refractivity contribution in [1.29, 1.82) is 0 Å². The van der Waals surface area contributed by atoms with E-state index in [1.165, 1.54) is 5.56 Å². The van der Waals surface area contributed by atoms with Crippen LogP contribution in [0, 0.1) is 0 Å². The van der Waals surface area contributed by atoms with Crippen molar-refractivity contribution in [2.45, 2.75) is 12.8 Å². The van der Waals surface area contributed by atoms with E-state index in [0.717, 1.165) is 30.0 Å². The van der Waals surface area contributed by atoms with Gasteiger partial charge in [-0.15, -0.1) is 0 Å². The van der Waals surface area contributed by atoms with Gasteiger partial charge in [-0.05, 0) is 30.5 Å². The molecule has 0 amide bonds. The van der Waals surface area contributed by atoms with Crippen LogP contribution in [0.3, 0.4) is 0 Å². The first-order valence-corrected chi connectivity index (χ1v) is 5.88. The van der Waals surface area contributed by atoms with Crippen LogP contribution in [0.15, 0.2) is 24.4 Å². The number of rotatable bonds is 3. The number of hydrogen-bond acceptors (Lipinski definition) is 4. The van der Waals surface area contributed by atoms with Crippen LogP contribution in [0.4, 0.5) is 5.95 Å². The van der Waals surface area contributed by atoms with Gasteiger partial charge >= 0.3 is 0 Å². The number of nitrogen functional groups attached to an aromatic ring is 1. The molecule has 1 aliphatic heterocycles. The van der Waals surface area contributed by atoms with E-state index >= 15 is 0 Å². The van der Waals surface area contributed by atoms with Crippen molar-refractivity contribution in [3.63, 3.8) is 0 Å². The first kappa shape index (κ1) is 11.0. The van der Waals surface area contributed by atoms with Gasteiger partial charge in [0, 0.05) is 13.2 Å². The summed E-state index contributed by atoms with van der Waals surface area (Å²) < 4.78 is 12.5. The minimum Gasteiger partial charge on any atom is -0.454 e. The number of hydrogen-bond donors (Lipinski definition) is 1. The van der Waals surface area contributed by atoms with Crippen molar-refractivity contribution in [1.82, 2.24) is 9.55 Å². The summed E-state index contributed by atoms with van der Waals surface area (Å²) in [6, 6.07) is 6.03. The fourth-order valence-corrected chi connectivity index (χ4v) is 2.03. The maximum atomic E-state index is 5.70. The van der Waals surface area contributed by atoms with Crippen molar-refractivity contribution in [2.24, 2.45) is 7.05 Å². The summed E-state index contributed by atoms with van der Waals surface area (Å²) in [6.07, 6.45) is 3.74. The van der Waals surface area contributed by atoms with Gasteiger partial charge in [0.05, 0.1) is 5.69 Å². The van der Waals surface area contributed by atoms with Crippen molar-refractivity contribution < 1.29 is 9.47 Å². The second-order valence-corrected chi connectivity index (χ2v) is 4.39. The molecular formula is C13H15N3O2. The minimum atomic E-state index is 0.315. The standard InChI is InChI=1S/C13H15N3O2/c1-16-7-10(15-13(16)14)4-2-9-3-5-11-12(6-9)18-8-17-11/h3,5-7H,2,4,8H2,1H3,(H2,14,15). The van der Waals surface area contributed by atoms with Gasteiger partial charge < -0.3 is 19.8 Å². The highest BCUT2D eigenvalue weighted by Crippen LogP contribution is 2.32. The number of imidazole rings is 1. The quantitative estimate of drug-likeness (QED) is 0.890. The summed E-state index contributed by atoms with van der Waals surface area (Å²) in [4.78, 5) is 4.28. The second-order valence-electron chi connectivity index (χ2n) is 4.39. The third-order valence-electron chi connectivity index (χ3n) is 3.07. The van der Waals surface area contributed by atoms with Crippen LogP contribution in [-0.2, 0) is 19.9 Å². The Hall–Kier alpha value is -2.17. The molecule has 18 heavy (non-hydrogen) atoms. The number of ether oxygens (including phenoxy) is 2. The highest BCUT2D eigenvalue weighted by Gasteiger charge is 2.13. The molecule has 1 aromatic heterocycles. The van der Waals surface area contributed by atoms with E-state index in [9.17, 15) is 0 Å². The maximum absolute atomic E-state index is 5.70. The van der Waals surface area contributed by atoms with E-state index < -0.39 is 0 Å². The topological polar surface area (TPSA) is 62.3 Å². The molecule has 0 spiro atoms. The largest absolute Gasteiger partial charge is 0.454 e. The number of anilines is 1. The molecule has 0 unspecified atom stereocenters. The van der Waals surface area contributed by atoms with Crippen LogP contribution in [0.5, 0.6) is 11.5 Å². The second kappa shape index (κ2) is 4.25. The average Bonchev–Trinajstić information content (AvgIpc) is 2.94. The molecule has 3 rings (SSSR count). The van der Waals surface area contributed by atoms with E-state index in [-0.39, 0.29) is 0 Å². The lowest BCUT2D eigenvalue weighted by molar-refractivity contribution is 0.174. The predicted octanol–water partition coefficient (Wildman–Crippen LogP) is 1.52. The van der Waals surface area contributed by atoms with Gasteiger partial charge in [-0.1, -0.05) is 6.07 Å². The SMILES string of the molecule is Cn1cc(CCc2ccc3c(c2)OCO3)nc1N. The normalized spacial score (nSPS) is 12.9. The molecule has 2 heterocycles. The van der Waals surface area contributed by atoms with Crippen molar-refractivity contribution >= 4 is 5.95 Å². The summed E-state index contributed by atoms with van der Waals surface area (Å²) in [5.41, 5.74) is 7.92. The fourth-order valence-electron chi connectivity index (χ4n) is 2.03. The van der Waals surface area contributed by atoms with Gasteiger partial charge in [0.25, 0.3) is 0 Å². The van der Waals surface area contributed by atoms with Gasteiger partial charge in [0.1, 0.15) is 0 Å². The molecule has 0 atom stereocenters. The molecular weight excluding hydrogens is 230 g/mol. The number of aromatic nitrogens is 2. The minimum absolute atomic E-state index is 0.315. The lowest BCUT2D eigenvalue weighted by Gasteiger charge is -2.01. The van der Waals surface area contributed by atoms with Crippen molar-refractivity contribution in [2.75, 3.05) is 12.5 Å². The Bertz CT molecular complexity index is 558. The van der Waals surface area contributed by atoms with E-state index in [1.54, 1.807) is 0 Å². The van der Waals surface area contributed by atoms with Crippen LogP contribution < -0.4 is 15.2 Å². The van der Waals surface area contributed by atoms with Crippen molar-refractivity contribution in [3.05, 3.63) is 35.7 Å². The molecule has 2 N–H and O–H groups in total. The molecule has 0 aliphatic carbocycles. The Kier molecular flexibility index (Phi) is 2.59. The Morgan fingerprint density at radius 2 is 2.11 bits per heavy atom. The van der Waals surface area contributed by atoms with Gasteiger partial charge in [0.2, 0.25) is 6.79 Å². The monoisotopic (exact) mass is 245 g/mol. The average molecular weight is 245 g/mol. The summed E-state index contributed by atoms with van der Waals surface area (Å²) >= 11 is 0. The first-order chi connectivity index (χ1) is 8.72. The molecule has 0 bridgehead atoms. The van der Waals surface area contributed by atoms with Gasteiger partial charge in [-0.2, -0.15) is 0 Å². The lowest BCUT2D eigenvalue weighted by atomic mass is 10.1. The predicted molar refractivity (Wildman–Crippen MR) is 67.6 cm³/mol. The Balaban J connectivity index is 1.70. The Labute approximate surface area is 105 Å². The smallest absolute Gasteiger partial charge is 0.231 e. The zero-order chi connectivity index (χ0) is 12.5. The molecule has 0 saturated carbocycles. The van der Waals surface area contributed by atoms with Crippen LogP contribution >= 0.6 is 0 Å². The van der Waals surface area contributed by atoms with Crippen LogP contribution in [0.1, 0.15) is 11.3 Å². The molecule has 0 radical (unpaired) electrons. The zero-order valence-corrected chi connectivity index (χ0v) is 10.2.